The molecule has 0 spiro atoms. The number of rotatable bonds is 4. The average molecular weight is 330 g/mol. The lowest BCUT2D eigenvalue weighted by atomic mass is 9.74. The Morgan fingerprint density at radius 3 is 2.96 bits per heavy atom. The number of tetrazole rings is 1. The number of benzene rings is 1. The van der Waals surface area contributed by atoms with Gasteiger partial charge >= 0.3 is 0 Å². The Hall–Kier alpha value is -2.48. The second kappa shape index (κ2) is 6.56. The first-order valence-electron chi connectivity index (χ1n) is 8.02. The summed E-state index contributed by atoms with van der Waals surface area (Å²) in [5, 5.41) is 14.1. The molecule has 0 saturated heterocycles. The number of hydrogen-bond acceptors (Lipinski definition) is 6. The van der Waals surface area contributed by atoms with Crippen LogP contribution in [0.3, 0.4) is 0 Å². The first-order chi connectivity index (χ1) is 11.5. The number of methoxy groups -OCH3 is 1. The fourth-order valence-electron chi connectivity index (χ4n) is 3.24. The number of aromatic nitrogens is 4. The van der Waals surface area contributed by atoms with Crippen LogP contribution in [0.1, 0.15) is 32.6 Å². The van der Waals surface area contributed by atoms with E-state index in [2.05, 4.69) is 20.8 Å². The minimum absolute atomic E-state index is 0.0486. The molecule has 1 aliphatic rings. The van der Waals surface area contributed by atoms with Crippen LogP contribution in [-0.2, 0) is 4.79 Å². The standard InChI is InChI=1S/C16H22N6O2/c1-16(17)8-4-3-5-12(16)15(23)19-11-6-7-14(24-2)13(9-11)22-10-18-20-21-22/h6-7,9-10,12H,3-5,8,17H2,1-2H3,(H,19,23). The van der Waals surface area contributed by atoms with E-state index in [1.807, 2.05) is 6.92 Å². The number of amides is 1. The maximum Gasteiger partial charge on any atom is 0.229 e. The fraction of sp³-hybridized carbons (Fsp3) is 0.500. The van der Waals surface area contributed by atoms with E-state index in [-0.39, 0.29) is 11.8 Å². The number of nitrogens with zero attached hydrogens (tertiary/aromatic N) is 4. The smallest absolute Gasteiger partial charge is 0.229 e. The number of ether oxygens (including phenoxy) is 1. The molecule has 0 radical (unpaired) electrons. The van der Waals surface area contributed by atoms with Crippen LogP contribution in [0, 0.1) is 5.92 Å². The molecule has 1 aromatic heterocycles. The van der Waals surface area contributed by atoms with E-state index in [4.69, 9.17) is 10.5 Å². The van der Waals surface area contributed by atoms with Gasteiger partial charge in [-0.15, -0.1) is 5.10 Å². The number of hydrogen-bond donors (Lipinski definition) is 2. The van der Waals surface area contributed by atoms with Crippen LogP contribution in [0.4, 0.5) is 5.69 Å². The molecule has 1 saturated carbocycles. The highest BCUT2D eigenvalue weighted by atomic mass is 16.5. The summed E-state index contributed by atoms with van der Waals surface area (Å²) in [5.74, 6) is 0.374. The molecule has 3 N–H and O–H groups in total. The summed E-state index contributed by atoms with van der Waals surface area (Å²) in [5.41, 5.74) is 7.17. The van der Waals surface area contributed by atoms with Gasteiger partial charge in [0.15, 0.2) is 0 Å². The maximum absolute atomic E-state index is 12.7. The van der Waals surface area contributed by atoms with Crippen molar-refractivity contribution in [2.24, 2.45) is 11.7 Å². The minimum Gasteiger partial charge on any atom is -0.494 e. The van der Waals surface area contributed by atoms with Crippen molar-refractivity contribution in [1.82, 2.24) is 20.2 Å². The summed E-state index contributed by atoms with van der Waals surface area (Å²) in [7, 11) is 1.57. The van der Waals surface area contributed by atoms with E-state index >= 15 is 0 Å². The monoisotopic (exact) mass is 330 g/mol. The molecule has 2 unspecified atom stereocenters. The van der Waals surface area contributed by atoms with Crippen molar-refractivity contribution in [2.45, 2.75) is 38.1 Å². The van der Waals surface area contributed by atoms with Crippen LogP contribution in [0.5, 0.6) is 5.75 Å². The molecule has 1 fully saturated rings. The predicted octanol–water partition coefficient (Wildman–Crippen LogP) is 1.52. The number of carbonyl (C=O) groups excluding carboxylic acids is 1. The van der Waals surface area contributed by atoms with Gasteiger partial charge in [0, 0.05) is 11.2 Å². The molecule has 1 aliphatic carbocycles. The number of nitrogens with one attached hydrogen (secondary N) is 1. The van der Waals surface area contributed by atoms with Gasteiger partial charge in [-0.1, -0.05) is 12.8 Å². The highest BCUT2D eigenvalue weighted by Crippen LogP contribution is 2.33. The molecule has 2 atom stereocenters. The molecule has 0 bridgehead atoms. The Morgan fingerprint density at radius 2 is 2.29 bits per heavy atom. The van der Waals surface area contributed by atoms with Crippen molar-refractivity contribution in [3.05, 3.63) is 24.5 Å². The summed E-state index contributed by atoms with van der Waals surface area (Å²) in [6.45, 7) is 1.96. The van der Waals surface area contributed by atoms with Crippen LogP contribution in [0.25, 0.3) is 5.69 Å². The summed E-state index contributed by atoms with van der Waals surface area (Å²) in [4.78, 5) is 12.7. The third-order valence-corrected chi connectivity index (χ3v) is 4.61. The normalized spacial score (nSPS) is 23.7. The molecule has 1 amide bonds. The van der Waals surface area contributed by atoms with Gasteiger partial charge in [-0.25, -0.2) is 0 Å². The lowest BCUT2D eigenvalue weighted by Gasteiger charge is -2.37. The summed E-state index contributed by atoms with van der Waals surface area (Å²) in [6.07, 6.45) is 5.26. The number of carbonyl (C=O) groups is 1. The molecule has 8 heteroatoms. The molecule has 128 valence electrons. The van der Waals surface area contributed by atoms with Gasteiger partial charge in [0.1, 0.15) is 17.8 Å². The molecule has 2 aromatic rings. The van der Waals surface area contributed by atoms with Crippen molar-refractivity contribution < 1.29 is 9.53 Å². The molecule has 1 aromatic carbocycles. The second-order valence-electron chi connectivity index (χ2n) is 6.43. The van der Waals surface area contributed by atoms with E-state index in [1.54, 1.807) is 25.3 Å². The summed E-state index contributed by atoms with van der Waals surface area (Å²) < 4.78 is 6.82. The molecule has 1 heterocycles. The van der Waals surface area contributed by atoms with E-state index < -0.39 is 5.54 Å². The largest absolute Gasteiger partial charge is 0.494 e. The minimum atomic E-state index is -0.465. The number of anilines is 1. The number of nitrogens with two attached hydrogens (primary N) is 1. The average Bonchev–Trinajstić information content (AvgIpc) is 3.08. The van der Waals surface area contributed by atoms with Crippen molar-refractivity contribution in [1.29, 1.82) is 0 Å². The van der Waals surface area contributed by atoms with Crippen LogP contribution >= 0.6 is 0 Å². The van der Waals surface area contributed by atoms with E-state index in [1.165, 1.54) is 11.0 Å². The van der Waals surface area contributed by atoms with Crippen molar-refractivity contribution in [2.75, 3.05) is 12.4 Å². The molecular formula is C16H22N6O2. The first kappa shape index (κ1) is 16.4. The van der Waals surface area contributed by atoms with E-state index in [9.17, 15) is 4.79 Å². The first-order valence-corrected chi connectivity index (χ1v) is 8.02. The van der Waals surface area contributed by atoms with Gasteiger partial charge < -0.3 is 15.8 Å². The highest BCUT2D eigenvalue weighted by molar-refractivity contribution is 5.94. The Bertz CT molecular complexity index is 713. The third-order valence-electron chi connectivity index (χ3n) is 4.61. The van der Waals surface area contributed by atoms with Crippen LogP contribution in [0.2, 0.25) is 0 Å². The molecule has 3 rings (SSSR count). The molecule has 0 aliphatic heterocycles. The van der Waals surface area contributed by atoms with E-state index in [0.717, 1.165) is 25.7 Å². The Morgan fingerprint density at radius 1 is 1.46 bits per heavy atom. The fourth-order valence-corrected chi connectivity index (χ4v) is 3.24. The molecule has 24 heavy (non-hydrogen) atoms. The quantitative estimate of drug-likeness (QED) is 0.880. The second-order valence-corrected chi connectivity index (χ2v) is 6.43. The van der Waals surface area contributed by atoms with E-state index in [0.29, 0.717) is 17.1 Å². The van der Waals surface area contributed by atoms with Crippen LogP contribution < -0.4 is 15.8 Å². The van der Waals surface area contributed by atoms with Gasteiger partial charge in [0.2, 0.25) is 5.91 Å². The molecule has 8 nitrogen and oxygen atoms in total. The van der Waals surface area contributed by atoms with Crippen LogP contribution in [0.15, 0.2) is 24.5 Å². The Labute approximate surface area is 140 Å². The zero-order valence-electron chi connectivity index (χ0n) is 13.9. The predicted molar refractivity (Wildman–Crippen MR) is 88.9 cm³/mol. The third kappa shape index (κ3) is 3.23. The summed E-state index contributed by atoms with van der Waals surface area (Å²) in [6, 6.07) is 5.35. The maximum atomic E-state index is 12.7. The Kier molecular flexibility index (Phi) is 4.48. The lowest BCUT2D eigenvalue weighted by molar-refractivity contribution is -0.122. The molecular weight excluding hydrogens is 308 g/mol. The van der Waals surface area contributed by atoms with Gasteiger partial charge in [-0.05, 0) is 48.4 Å². The topological polar surface area (TPSA) is 108 Å². The van der Waals surface area contributed by atoms with Crippen molar-refractivity contribution >= 4 is 11.6 Å². The Balaban J connectivity index is 1.83. The SMILES string of the molecule is COc1ccc(NC(=O)C2CCCCC2(C)N)cc1-n1cnnn1. The van der Waals surface area contributed by atoms with Gasteiger partial charge in [-0.3, -0.25) is 4.79 Å². The van der Waals surface area contributed by atoms with Crippen molar-refractivity contribution in [3.63, 3.8) is 0 Å². The van der Waals surface area contributed by atoms with Crippen molar-refractivity contribution in [3.8, 4) is 11.4 Å². The van der Waals surface area contributed by atoms with Crippen LogP contribution in [-0.4, -0.2) is 38.8 Å². The zero-order chi connectivity index (χ0) is 17.2. The lowest BCUT2D eigenvalue weighted by Crippen LogP contribution is -2.51. The van der Waals surface area contributed by atoms with Gasteiger partial charge in [-0.2, -0.15) is 4.68 Å². The van der Waals surface area contributed by atoms with Gasteiger partial charge in [0.25, 0.3) is 0 Å². The zero-order valence-corrected chi connectivity index (χ0v) is 13.9. The van der Waals surface area contributed by atoms with Gasteiger partial charge in [0.05, 0.1) is 13.0 Å². The highest BCUT2D eigenvalue weighted by Gasteiger charge is 2.37. The summed E-state index contributed by atoms with van der Waals surface area (Å²) >= 11 is 0.